The smallest absolute Gasteiger partial charge is 0.338 e. The average molecular weight is 395 g/mol. The summed E-state index contributed by atoms with van der Waals surface area (Å²) in [6.07, 6.45) is 4.37. The van der Waals surface area contributed by atoms with E-state index in [4.69, 9.17) is 5.73 Å². The molecule has 142 valence electrons. The van der Waals surface area contributed by atoms with E-state index in [9.17, 15) is 14.7 Å². The van der Waals surface area contributed by atoms with Crippen molar-refractivity contribution in [2.45, 2.75) is 18.6 Å². The van der Waals surface area contributed by atoms with Crippen molar-refractivity contribution in [3.8, 4) is 0 Å². The average Bonchev–Trinajstić information content (AvgIpc) is 3.34. The normalized spacial score (nSPS) is 16.3. The number of nitrogens with zero attached hydrogens (tertiary/aromatic N) is 3. The Hall–Kier alpha value is -3.46. The number of nitrogens with two attached hydrogens (primary N) is 1. The number of carboxylic acid groups (broad SMARTS) is 1. The number of nitrogens with one attached hydrogen (secondary N) is 1. The highest BCUT2D eigenvalue weighted by Crippen LogP contribution is 2.48. The molecule has 2 unspecified atom stereocenters. The molecule has 0 radical (unpaired) electrons. The van der Waals surface area contributed by atoms with Gasteiger partial charge in [-0.1, -0.05) is 6.07 Å². The number of aromatic nitrogens is 2. The van der Waals surface area contributed by atoms with Gasteiger partial charge in [0, 0.05) is 23.5 Å². The second-order valence-electron chi connectivity index (χ2n) is 6.30. The van der Waals surface area contributed by atoms with Crippen LogP contribution in [-0.4, -0.2) is 27.0 Å². The molecule has 2 atom stereocenters. The lowest BCUT2D eigenvalue weighted by atomic mass is 10.0. The van der Waals surface area contributed by atoms with Gasteiger partial charge in [-0.05, 0) is 35.2 Å². The largest absolute Gasteiger partial charge is 0.478 e. The number of hydrogen-bond donors (Lipinski definition) is 3. The van der Waals surface area contributed by atoms with Crippen molar-refractivity contribution in [3.63, 3.8) is 0 Å². The molecule has 1 aliphatic heterocycles. The number of aromatic carboxylic acids is 1. The van der Waals surface area contributed by atoms with Crippen molar-refractivity contribution in [2.75, 3.05) is 10.2 Å². The summed E-state index contributed by atoms with van der Waals surface area (Å²) >= 11 is 1.53. The Balaban J connectivity index is 1.91. The summed E-state index contributed by atoms with van der Waals surface area (Å²) in [5, 5.41) is 15.0. The molecule has 3 aromatic heterocycles. The lowest BCUT2D eigenvalue weighted by molar-refractivity contribution is -0.118. The molecule has 4 N–H and O–H groups in total. The monoisotopic (exact) mass is 395 g/mol. The van der Waals surface area contributed by atoms with Gasteiger partial charge in [0.25, 0.3) is 0 Å². The van der Waals surface area contributed by atoms with Crippen LogP contribution in [0, 0.1) is 0 Å². The standard InChI is InChI=1S/C19H17N5O3S/c20-15(25)10-13(11-3-6-21-7-4-11)24-16-12(19(26)27)5-8-22-17(16)23-18(24)14-2-1-9-28-14/h1-9,13,18H,10H2,(H2,20,25)(H,22,23)(H,26,27). The van der Waals surface area contributed by atoms with Crippen LogP contribution >= 0.6 is 11.3 Å². The van der Waals surface area contributed by atoms with Gasteiger partial charge in [-0.25, -0.2) is 9.78 Å². The van der Waals surface area contributed by atoms with Crippen LogP contribution in [0.2, 0.25) is 0 Å². The lowest BCUT2D eigenvalue weighted by Crippen LogP contribution is -2.35. The molecule has 3 aromatic rings. The fraction of sp³-hybridized carbons (Fsp3) is 0.158. The minimum atomic E-state index is -1.06. The highest BCUT2D eigenvalue weighted by atomic mass is 32.1. The number of fused-ring (bicyclic) bond motifs is 1. The zero-order valence-electron chi connectivity index (χ0n) is 14.6. The molecule has 0 spiro atoms. The van der Waals surface area contributed by atoms with Crippen LogP contribution in [0.4, 0.5) is 11.5 Å². The molecule has 9 heteroatoms. The van der Waals surface area contributed by atoms with Gasteiger partial charge in [0.15, 0.2) is 5.82 Å². The number of anilines is 2. The van der Waals surface area contributed by atoms with Crippen LogP contribution in [0.15, 0.2) is 54.3 Å². The van der Waals surface area contributed by atoms with Crippen molar-refractivity contribution in [1.29, 1.82) is 0 Å². The Morgan fingerprint density at radius 1 is 1.25 bits per heavy atom. The van der Waals surface area contributed by atoms with Crippen LogP contribution in [0.25, 0.3) is 0 Å². The molecule has 0 bridgehead atoms. The second kappa shape index (κ2) is 7.28. The molecule has 8 nitrogen and oxygen atoms in total. The first-order valence-corrected chi connectivity index (χ1v) is 9.43. The van der Waals surface area contributed by atoms with E-state index in [0.717, 1.165) is 10.4 Å². The van der Waals surface area contributed by atoms with E-state index in [1.54, 1.807) is 24.5 Å². The zero-order valence-corrected chi connectivity index (χ0v) is 15.5. The van der Waals surface area contributed by atoms with Crippen LogP contribution in [0.3, 0.4) is 0 Å². The number of hydrogen-bond acceptors (Lipinski definition) is 7. The van der Waals surface area contributed by atoms with Gasteiger partial charge < -0.3 is 21.1 Å². The van der Waals surface area contributed by atoms with Crippen LogP contribution in [0.5, 0.6) is 0 Å². The molecule has 1 aliphatic rings. The van der Waals surface area contributed by atoms with Gasteiger partial charge in [0.05, 0.1) is 23.7 Å². The molecule has 0 saturated heterocycles. The topological polar surface area (TPSA) is 121 Å². The maximum Gasteiger partial charge on any atom is 0.338 e. The molecule has 0 saturated carbocycles. The number of primary amides is 1. The SMILES string of the molecule is NC(=O)CC(c1ccncc1)N1c2c(C(=O)O)ccnc2NC1c1cccs1. The molecular formula is C19H17N5O3S. The van der Waals surface area contributed by atoms with Gasteiger partial charge in [0.1, 0.15) is 6.17 Å². The van der Waals surface area contributed by atoms with Crippen molar-refractivity contribution in [1.82, 2.24) is 9.97 Å². The molecule has 0 fully saturated rings. The van der Waals surface area contributed by atoms with E-state index in [1.807, 2.05) is 22.4 Å². The Kier molecular flexibility index (Phi) is 4.66. The van der Waals surface area contributed by atoms with Crippen molar-refractivity contribution in [2.24, 2.45) is 5.73 Å². The van der Waals surface area contributed by atoms with Gasteiger partial charge in [-0.15, -0.1) is 11.3 Å². The predicted octanol–water partition coefficient (Wildman–Crippen LogP) is 2.78. The summed E-state index contributed by atoms with van der Waals surface area (Å²) in [5.74, 6) is -1.09. The number of amides is 1. The molecule has 0 aliphatic carbocycles. The number of pyridine rings is 2. The third kappa shape index (κ3) is 3.16. The number of carbonyl (C=O) groups excluding carboxylic acids is 1. The predicted molar refractivity (Wildman–Crippen MR) is 105 cm³/mol. The highest BCUT2D eigenvalue weighted by molar-refractivity contribution is 7.10. The number of thiophene rings is 1. The van der Waals surface area contributed by atoms with E-state index < -0.39 is 17.9 Å². The first-order chi connectivity index (χ1) is 13.6. The van der Waals surface area contributed by atoms with E-state index in [-0.39, 0.29) is 18.2 Å². The van der Waals surface area contributed by atoms with Gasteiger partial charge in [-0.2, -0.15) is 0 Å². The summed E-state index contributed by atoms with van der Waals surface area (Å²) in [5.41, 5.74) is 6.91. The Bertz CT molecular complexity index is 1010. The quantitative estimate of drug-likeness (QED) is 0.587. The number of carboxylic acids is 1. The summed E-state index contributed by atoms with van der Waals surface area (Å²) in [7, 11) is 0. The van der Waals surface area contributed by atoms with Crippen LogP contribution in [-0.2, 0) is 4.79 Å². The van der Waals surface area contributed by atoms with E-state index in [2.05, 4.69) is 15.3 Å². The molecule has 4 heterocycles. The fourth-order valence-electron chi connectivity index (χ4n) is 3.47. The first kappa shape index (κ1) is 17.9. The summed E-state index contributed by atoms with van der Waals surface area (Å²) in [6.45, 7) is 0. The van der Waals surface area contributed by atoms with E-state index >= 15 is 0 Å². The summed E-state index contributed by atoms with van der Waals surface area (Å²) in [6, 6.07) is 8.45. The Morgan fingerprint density at radius 3 is 2.68 bits per heavy atom. The molecule has 28 heavy (non-hydrogen) atoms. The minimum absolute atomic E-state index is 0.0148. The third-order valence-electron chi connectivity index (χ3n) is 4.60. The van der Waals surface area contributed by atoms with E-state index in [0.29, 0.717) is 11.5 Å². The number of rotatable bonds is 6. The third-order valence-corrected chi connectivity index (χ3v) is 5.52. The Morgan fingerprint density at radius 2 is 2.04 bits per heavy atom. The molecule has 1 amide bonds. The molecule has 4 rings (SSSR count). The minimum Gasteiger partial charge on any atom is -0.478 e. The van der Waals surface area contributed by atoms with Gasteiger partial charge in [0.2, 0.25) is 5.91 Å². The highest BCUT2D eigenvalue weighted by Gasteiger charge is 2.40. The first-order valence-electron chi connectivity index (χ1n) is 8.55. The molecular weight excluding hydrogens is 378 g/mol. The van der Waals surface area contributed by atoms with Crippen molar-refractivity contribution >= 4 is 34.7 Å². The van der Waals surface area contributed by atoms with Gasteiger partial charge >= 0.3 is 5.97 Å². The van der Waals surface area contributed by atoms with Gasteiger partial charge in [-0.3, -0.25) is 9.78 Å². The lowest BCUT2D eigenvalue weighted by Gasteiger charge is -2.34. The summed E-state index contributed by atoms with van der Waals surface area (Å²) < 4.78 is 0. The second-order valence-corrected chi connectivity index (χ2v) is 7.28. The van der Waals surface area contributed by atoms with Crippen LogP contribution in [0.1, 0.15) is 39.4 Å². The number of carbonyl (C=O) groups is 2. The summed E-state index contributed by atoms with van der Waals surface area (Å²) in [4.78, 5) is 35.0. The molecule has 0 aromatic carbocycles. The van der Waals surface area contributed by atoms with E-state index in [1.165, 1.54) is 23.6 Å². The Labute approximate surface area is 164 Å². The maximum absolute atomic E-state index is 11.9. The maximum atomic E-state index is 11.9. The van der Waals surface area contributed by atoms with Crippen molar-refractivity contribution < 1.29 is 14.7 Å². The fourth-order valence-corrected chi connectivity index (χ4v) is 4.24. The van der Waals surface area contributed by atoms with Crippen LogP contribution < -0.4 is 16.0 Å². The van der Waals surface area contributed by atoms with Crippen molar-refractivity contribution in [3.05, 3.63) is 70.3 Å². The zero-order chi connectivity index (χ0) is 19.7.